The van der Waals surface area contributed by atoms with Crippen LogP contribution in [0.4, 0.5) is 0 Å². The predicted molar refractivity (Wildman–Crippen MR) is 48.7 cm³/mol. The largest absolute Gasteiger partial charge is 0.395 e. The van der Waals surface area contributed by atoms with Crippen LogP contribution in [0, 0.1) is 11.3 Å². The Balaban J connectivity index is 3.26. The first-order valence-electron chi connectivity index (χ1n) is 4.55. The van der Waals surface area contributed by atoms with Crippen LogP contribution < -0.4 is 0 Å². The summed E-state index contributed by atoms with van der Waals surface area (Å²) in [6.45, 7) is 5.04. The van der Waals surface area contributed by atoms with E-state index in [2.05, 4.69) is 17.9 Å². The first-order chi connectivity index (χ1) is 5.85. The van der Waals surface area contributed by atoms with Crippen molar-refractivity contribution < 1.29 is 5.11 Å². The molecule has 3 heteroatoms. The molecule has 0 radical (unpaired) electrons. The highest BCUT2D eigenvalue weighted by atomic mass is 16.3. The fraction of sp³-hybridized carbons (Fsp3) is 0.889. The van der Waals surface area contributed by atoms with Gasteiger partial charge in [-0.2, -0.15) is 5.26 Å². The second-order valence-corrected chi connectivity index (χ2v) is 2.77. The zero-order valence-corrected chi connectivity index (χ0v) is 7.79. The molecule has 0 aliphatic carbocycles. The van der Waals surface area contributed by atoms with Crippen molar-refractivity contribution in [2.75, 3.05) is 26.2 Å². The maximum atomic E-state index is 8.68. The summed E-state index contributed by atoms with van der Waals surface area (Å²) in [7, 11) is 0. The lowest BCUT2D eigenvalue weighted by Gasteiger charge is -2.18. The maximum absolute atomic E-state index is 8.68. The van der Waals surface area contributed by atoms with Gasteiger partial charge in [0.25, 0.3) is 0 Å². The second kappa shape index (κ2) is 8.51. The van der Waals surface area contributed by atoms with Gasteiger partial charge in [0.15, 0.2) is 0 Å². The number of unbranched alkanes of at least 4 members (excludes halogenated alkanes) is 2. The van der Waals surface area contributed by atoms with Gasteiger partial charge in [0.05, 0.1) is 12.7 Å². The van der Waals surface area contributed by atoms with Crippen LogP contribution in [-0.4, -0.2) is 36.2 Å². The molecule has 0 bridgehead atoms. The SMILES string of the molecule is CCN(CCO)CCCCC#N. The first kappa shape index (κ1) is 11.4. The smallest absolute Gasteiger partial charge is 0.0621 e. The molecule has 1 N–H and O–H groups in total. The Morgan fingerprint density at radius 3 is 2.58 bits per heavy atom. The third-order valence-corrected chi connectivity index (χ3v) is 1.88. The van der Waals surface area contributed by atoms with Gasteiger partial charge in [-0.05, 0) is 25.9 Å². The average Bonchev–Trinajstić information content (AvgIpc) is 2.10. The standard InChI is InChI=1S/C9H18N2O/c1-2-11(8-9-12)7-5-3-4-6-10/h12H,2-5,7-9H2,1H3. The highest BCUT2D eigenvalue weighted by Gasteiger charge is 1.99. The van der Waals surface area contributed by atoms with Crippen LogP contribution in [0.2, 0.25) is 0 Å². The number of hydrogen-bond donors (Lipinski definition) is 1. The first-order valence-corrected chi connectivity index (χ1v) is 4.55. The van der Waals surface area contributed by atoms with E-state index in [9.17, 15) is 0 Å². The van der Waals surface area contributed by atoms with Gasteiger partial charge >= 0.3 is 0 Å². The third kappa shape index (κ3) is 6.14. The molecule has 70 valence electrons. The van der Waals surface area contributed by atoms with E-state index in [-0.39, 0.29) is 6.61 Å². The number of aliphatic hydroxyl groups is 1. The molecule has 0 heterocycles. The molecule has 0 aliphatic heterocycles. The van der Waals surface area contributed by atoms with E-state index in [0.29, 0.717) is 6.42 Å². The number of nitrogens with zero attached hydrogens (tertiary/aromatic N) is 2. The van der Waals surface area contributed by atoms with Crippen LogP contribution in [0.25, 0.3) is 0 Å². The Kier molecular flexibility index (Phi) is 8.09. The van der Waals surface area contributed by atoms with E-state index >= 15 is 0 Å². The molecule has 0 rings (SSSR count). The molecule has 0 atom stereocenters. The molecule has 0 unspecified atom stereocenters. The highest BCUT2D eigenvalue weighted by molar-refractivity contribution is 4.68. The molecule has 0 aliphatic rings. The van der Waals surface area contributed by atoms with Gasteiger partial charge in [-0.3, -0.25) is 0 Å². The zero-order chi connectivity index (χ0) is 9.23. The van der Waals surface area contributed by atoms with Crippen LogP contribution >= 0.6 is 0 Å². The molecule has 0 aromatic carbocycles. The number of nitriles is 1. The molecule has 0 saturated carbocycles. The molecule has 0 aromatic heterocycles. The second-order valence-electron chi connectivity index (χ2n) is 2.77. The van der Waals surface area contributed by atoms with Gasteiger partial charge in [-0.25, -0.2) is 0 Å². The summed E-state index contributed by atoms with van der Waals surface area (Å²) in [6, 6.07) is 2.12. The van der Waals surface area contributed by atoms with Crippen molar-refractivity contribution in [3.8, 4) is 6.07 Å². The fourth-order valence-corrected chi connectivity index (χ4v) is 1.11. The van der Waals surface area contributed by atoms with E-state index in [1.807, 2.05) is 0 Å². The van der Waals surface area contributed by atoms with Crippen LogP contribution in [0.15, 0.2) is 0 Å². The van der Waals surface area contributed by atoms with E-state index in [4.69, 9.17) is 10.4 Å². The maximum Gasteiger partial charge on any atom is 0.0621 e. The van der Waals surface area contributed by atoms with Gasteiger partial charge in [-0.15, -0.1) is 0 Å². The lowest BCUT2D eigenvalue weighted by molar-refractivity contribution is 0.200. The molecule has 0 aromatic rings. The van der Waals surface area contributed by atoms with Crippen LogP contribution in [0.3, 0.4) is 0 Å². The summed E-state index contributed by atoms with van der Waals surface area (Å²) in [5.41, 5.74) is 0. The van der Waals surface area contributed by atoms with Gasteiger partial charge in [0.2, 0.25) is 0 Å². The normalized spacial score (nSPS) is 10.2. The Bertz CT molecular complexity index is 131. The van der Waals surface area contributed by atoms with Gasteiger partial charge in [0, 0.05) is 13.0 Å². The summed E-state index contributed by atoms with van der Waals surface area (Å²) >= 11 is 0. The van der Waals surface area contributed by atoms with E-state index in [1.165, 1.54) is 0 Å². The Labute approximate surface area is 74.6 Å². The van der Waals surface area contributed by atoms with Crippen molar-refractivity contribution in [2.24, 2.45) is 0 Å². The summed E-state index contributed by atoms with van der Waals surface area (Å²) in [5, 5.41) is 17.0. The molecular weight excluding hydrogens is 152 g/mol. The average molecular weight is 170 g/mol. The summed E-state index contributed by atoms with van der Waals surface area (Å²) in [4.78, 5) is 2.19. The molecule has 0 saturated heterocycles. The highest BCUT2D eigenvalue weighted by Crippen LogP contribution is 1.97. The van der Waals surface area contributed by atoms with Crippen LogP contribution in [-0.2, 0) is 0 Å². The van der Waals surface area contributed by atoms with Crippen molar-refractivity contribution >= 4 is 0 Å². The molecule has 0 spiro atoms. The number of hydrogen-bond acceptors (Lipinski definition) is 3. The van der Waals surface area contributed by atoms with Crippen molar-refractivity contribution in [2.45, 2.75) is 26.2 Å². The van der Waals surface area contributed by atoms with E-state index < -0.39 is 0 Å². The number of rotatable bonds is 7. The van der Waals surface area contributed by atoms with Crippen molar-refractivity contribution in [1.29, 1.82) is 5.26 Å². The minimum atomic E-state index is 0.228. The van der Waals surface area contributed by atoms with Crippen molar-refractivity contribution in [1.82, 2.24) is 4.90 Å². The number of likely N-dealkylation sites (N-methyl/N-ethyl adjacent to an activating group) is 1. The monoisotopic (exact) mass is 170 g/mol. The Hall–Kier alpha value is -0.590. The van der Waals surface area contributed by atoms with Gasteiger partial charge in [-0.1, -0.05) is 6.92 Å². The predicted octanol–water partition coefficient (Wildman–Crippen LogP) is 0.994. The fourth-order valence-electron chi connectivity index (χ4n) is 1.11. The molecule has 0 amide bonds. The van der Waals surface area contributed by atoms with Gasteiger partial charge < -0.3 is 10.0 Å². The van der Waals surface area contributed by atoms with Crippen LogP contribution in [0.1, 0.15) is 26.2 Å². The Morgan fingerprint density at radius 1 is 1.33 bits per heavy atom. The van der Waals surface area contributed by atoms with E-state index in [0.717, 1.165) is 32.5 Å². The molecule has 3 nitrogen and oxygen atoms in total. The van der Waals surface area contributed by atoms with Crippen LogP contribution in [0.5, 0.6) is 0 Å². The molecule has 0 fully saturated rings. The lowest BCUT2D eigenvalue weighted by atomic mass is 10.2. The summed E-state index contributed by atoms with van der Waals surface area (Å²) in [5.74, 6) is 0. The number of aliphatic hydroxyl groups excluding tert-OH is 1. The quantitative estimate of drug-likeness (QED) is 0.580. The summed E-state index contributed by atoms with van der Waals surface area (Å²) < 4.78 is 0. The third-order valence-electron chi connectivity index (χ3n) is 1.88. The minimum Gasteiger partial charge on any atom is -0.395 e. The van der Waals surface area contributed by atoms with Crippen molar-refractivity contribution in [3.05, 3.63) is 0 Å². The topological polar surface area (TPSA) is 47.3 Å². The van der Waals surface area contributed by atoms with Gasteiger partial charge in [0.1, 0.15) is 0 Å². The summed E-state index contributed by atoms with van der Waals surface area (Å²) in [6.07, 6.45) is 2.68. The van der Waals surface area contributed by atoms with E-state index in [1.54, 1.807) is 0 Å². The van der Waals surface area contributed by atoms with Crippen molar-refractivity contribution in [3.63, 3.8) is 0 Å². The lowest BCUT2D eigenvalue weighted by Crippen LogP contribution is -2.27. The Morgan fingerprint density at radius 2 is 2.08 bits per heavy atom. The minimum absolute atomic E-state index is 0.228. The zero-order valence-electron chi connectivity index (χ0n) is 7.79. The molecular formula is C9H18N2O. The molecule has 12 heavy (non-hydrogen) atoms.